The van der Waals surface area contributed by atoms with Crippen LogP contribution in [0.3, 0.4) is 0 Å². The van der Waals surface area contributed by atoms with Crippen molar-refractivity contribution in [3.63, 3.8) is 0 Å². The molecule has 1 unspecified atom stereocenters. The van der Waals surface area contributed by atoms with Gasteiger partial charge in [-0.25, -0.2) is 0 Å². The number of nitrogens with zero attached hydrogens (tertiary/aromatic N) is 1. The molecule has 0 saturated heterocycles. The van der Waals surface area contributed by atoms with Crippen molar-refractivity contribution in [2.45, 2.75) is 0 Å². The second-order valence-electron chi connectivity index (χ2n) is 3.10. The minimum Gasteiger partial charge on any atom is -0.136 e. The summed E-state index contributed by atoms with van der Waals surface area (Å²) in [5.74, 6) is 0. The third kappa shape index (κ3) is 2.23. The van der Waals surface area contributed by atoms with Crippen molar-refractivity contribution in [1.29, 1.82) is 0 Å². The molecule has 2 rings (SSSR count). The molecule has 3 heteroatoms. The maximum Gasteiger partial charge on any atom is 0.453 e. The maximum atomic E-state index is 11.2. The predicted molar refractivity (Wildman–Crippen MR) is 64.0 cm³/mol. The fourth-order valence-electron chi connectivity index (χ4n) is 1.41. The van der Waals surface area contributed by atoms with E-state index in [2.05, 4.69) is 0 Å². The molecule has 2 aromatic carbocycles. The van der Waals surface area contributed by atoms with E-state index in [-0.39, 0.29) is 0 Å². The van der Waals surface area contributed by atoms with Crippen LogP contribution in [0, 0.1) is 0 Å². The summed E-state index contributed by atoms with van der Waals surface area (Å²) in [5.41, 5.74) is 1.88. The number of para-hydroxylation sites is 2. The number of hydrogen-bond donors (Lipinski definition) is 0. The van der Waals surface area contributed by atoms with Crippen LogP contribution in [0.4, 0.5) is 11.4 Å². The molecule has 0 aliphatic carbocycles. The summed E-state index contributed by atoms with van der Waals surface area (Å²) in [5, 5.41) is 0. The normalized spacial score (nSPS) is 10.1. The third-order valence-electron chi connectivity index (χ3n) is 2.12. The van der Waals surface area contributed by atoms with E-state index in [0.717, 1.165) is 11.4 Å². The Kier molecular flexibility index (Phi) is 3.11. The maximum absolute atomic E-state index is 11.2. The first kappa shape index (κ1) is 9.88. The van der Waals surface area contributed by atoms with E-state index >= 15 is 0 Å². The van der Waals surface area contributed by atoms with Crippen molar-refractivity contribution >= 4 is 20.0 Å². The number of benzene rings is 2. The van der Waals surface area contributed by atoms with Crippen LogP contribution in [-0.2, 0) is 4.57 Å². The highest BCUT2D eigenvalue weighted by molar-refractivity contribution is 7.26. The van der Waals surface area contributed by atoms with E-state index in [9.17, 15) is 4.57 Å². The van der Waals surface area contributed by atoms with Crippen LogP contribution in [0.25, 0.3) is 0 Å². The molecule has 0 radical (unpaired) electrons. The van der Waals surface area contributed by atoms with Gasteiger partial charge in [0.25, 0.3) is 0 Å². The summed E-state index contributed by atoms with van der Waals surface area (Å²) in [6.07, 6.45) is 0. The Balaban J connectivity index is 2.38. The molecule has 0 heterocycles. The molecule has 0 aliphatic rings. The second-order valence-corrected chi connectivity index (χ2v) is 3.73. The van der Waals surface area contributed by atoms with Crippen LogP contribution in [0.1, 0.15) is 0 Å². The van der Waals surface area contributed by atoms with Crippen molar-refractivity contribution in [2.24, 2.45) is 0 Å². The Labute approximate surface area is 90.4 Å². The lowest BCUT2D eigenvalue weighted by atomic mass is 10.3. The zero-order valence-electron chi connectivity index (χ0n) is 8.13. The van der Waals surface area contributed by atoms with Gasteiger partial charge in [0.05, 0.1) is 11.4 Å². The molecular formula is C12H11NOP+. The van der Waals surface area contributed by atoms with Crippen LogP contribution in [0.5, 0.6) is 0 Å². The predicted octanol–water partition coefficient (Wildman–Crippen LogP) is 3.76. The van der Waals surface area contributed by atoms with Crippen molar-refractivity contribution in [2.75, 3.05) is 4.67 Å². The fraction of sp³-hybridized carbons (Fsp3) is 0. The summed E-state index contributed by atoms with van der Waals surface area (Å²) < 4.78 is 12.9. The van der Waals surface area contributed by atoms with Gasteiger partial charge in [-0.2, -0.15) is 0 Å². The molecule has 0 aromatic heterocycles. The second kappa shape index (κ2) is 4.72. The number of anilines is 2. The Bertz CT molecular complexity index is 390. The monoisotopic (exact) mass is 216 g/mol. The quantitative estimate of drug-likeness (QED) is 0.728. The van der Waals surface area contributed by atoms with Gasteiger partial charge in [0, 0.05) is 0 Å². The Morgan fingerprint density at radius 3 is 1.47 bits per heavy atom. The number of hydrogen-bond acceptors (Lipinski definition) is 1. The molecule has 0 N–H and O–H groups in total. The van der Waals surface area contributed by atoms with Crippen molar-refractivity contribution < 1.29 is 4.57 Å². The van der Waals surface area contributed by atoms with Gasteiger partial charge >= 0.3 is 8.61 Å². The molecule has 0 saturated carbocycles. The Morgan fingerprint density at radius 1 is 0.733 bits per heavy atom. The minimum atomic E-state index is -0.513. The first-order chi connectivity index (χ1) is 7.42. The van der Waals surface area contributed by atoms with Crippen LogP contribution in [0.15, 0.2) is 60.7 Å². The smallest absolute Gasteiger partial charge is 0.136 e. The number of rotatable bonds is 3. The molecule has 0 aliphatic heterocycles. The van der Waals surface area contributed by atoms with E-state index in [1.165, 1.54) is 0 Å². The van der Waals surface area contributed by atoms with E-state index < -0.39 is 8.61 Å². The van der Waals surface area contributed by atoms with Crippen molar-refractivity contribution in [3.8, 4) is 0 Å². The van der Waals surface area contributed by atoms with Gasteiger partial charge in [-0.3, -0.25) is 0 Å². The van der Waals surface area contributed by atoms with Gasteiger partial charge in [0.15, 0.2) is 0 Å². The molecule has 0 fully saturated rings. The summed E-state index contributed by atoms with van der Waals surface area (Å²) in [6, 6.07) is 19.4. The largest absolute Gasteiger partial charge is 0.453 e. The Morgan fingerprint density at radius 2 is 1.13 bits per heavy atom. The summed E-state index contributed by atoms with van der Waals surface area (Å²) in [6.45, 7) is 0. The van der Waals surface area contributed by atoms with Gasteiger partial charge in [0.2, 0.25) is 0 Å². The lowest BCUT2D eigenvalue weighted by Gasteiger charge is -2.08. The molecule has 0 spiro atoms. The third-order valence-corrected chi connectivity index (χ3v) is 2.82. The molecule has 15 heavy (non-hydrogen) atoms. The SMILES string of the molecule is O=[PH+]N(c1ccccc1)c1ccccc1. The lowest BCUT2D eigenvalue weighted by molar-refractivity contribution is 0.598. The van der Waals surface area contributed by atoms with Crippen LogP contribution < -0.4 is 4.67 Å². The van der Waals surface area contributed by atoms with Gasteiger partial charge in [0.1, 0.15) is 0 Å². The van der Waals surface area contributed by atoms with E-state index in [0.29, 0.717) is 0 Å². The highest BCUT2D eigenvalue weighted by Gasteiger charge is 2.13. The standard InChI is InChI=1S/C12H10NOP/c14-15-13(11-7-3-1-4-8-11)12-9-5-2-6-10-12/h1-10H/p+1. The summed E-state index contributed by atoms with van der Waals surface area (Å²) in [7, 11) is -0.513. The van der Waals surface area contributed by atoms with Crippen LogP contribution >= 0.6 is 8.61 Å². The molecule has 74 valence electrons. The highest BCUT2D eigenvalue weighted by Crippen LogP contribution is 2.30. The van der Waals surface area contributed by atoms with Gasteiger partial charge < -0.3 is 0 Å². The van der Waals surface area contributed by atoms with Gasteiger partial charge in [-0.05, 0) is 28.8 Å². The fourth-order valence-corrected chi connectivity index (χ4v) is 1.92. The van der Waals surface area contributed by atoms with E-state index in [1.807, 2.05) is 60.7 Å². The van der Waals surface area contributed by atoms with Crippen LogP contribution in [0.2, 0.25) is 0 Å². The first-order valence-electron chi connectivity index (χ1n) is 4.70. The van der Waals surface area contributed by atoms with Gasteiger partial charge in [-0.15, -0.1) is 4.67 Å². The lowest BCUT2D eigenvalue weighted by Crippen LogP contribution is -2.01. The van der Waals surface area contributed by atoms with E-state index in [1.54, 1.807) is 4.67 Å². The molecule has 1 atom stereocenters. The topological polar surface area (TPSA) is 20.3 Å². The molecule has 2 aromatic rings. The Hall–Kier alpha value is -1.66. The molecular weight excluding hydrogens is 205 g/mol. The first-order valence-corrected chi connectivity index (χ1v) is 5.55. The van der Waals surface area contributed by atoms with Gasteiger partial charge in [-0.1, -0.05) is 36.4 Å². The van der Waals surface area contributed by atoms with E-state index in [4.69, 9.17) is 0 Å². The molecule has 0 bridgehead atoms. The highest BCUT2D eigenvalue weighted by atomic mass is 31.1. The zero-order chi connectivity index (χ0) is 10.5. The average Bonchev–Trinajstić information content (AvgIpc) is 2.33. The zero-order valence-corrected chi connectivity index (χ0v) is 9.13. The average molecular weight is 216 g/mol. The minimum absolute atomic E-state index is 0.513. The molecule has 2 nitrogen and oxygen atoms in total. The summed E-state index contributed by atoms with van der Waals surface area (Å²) in [4.78, 5) is 0. The summed E-state index contributed by atoms with van der Waals surface area (Å²) >= 11 is 0. The molecule has 0 amide bonds. The van der Waals surface area contributed by atoms with Crippen molar-refractivity contribution in [3.05, 3.63) is 60.7 Å². The van der Waals surface area contributed by atoms with Crippen molar-refractivity contribution in [1.82, 2.24) is 0 Å². The van der Waals surface area contributed by atoms with Crippen LogP contribution in [-0.4, -0.2) is 0 Å².